The summed E-state index contributed by atoms with van der Waals surface area (Å²) >= 11 is 3.56. The van der Waals surface area contributed by atoms with E-state index < -0.39 is 6.10 Å². The number of aliphatic hydroxyl groups excluding tert-OH is 1. The van der Waals surface area contributed by atoms with E-state index in [-0.39, 0.29) is 0 Å². The van der Waals surface area contributed by atoms with E-state index in [4.69, 9.17) is 5.26 Å². The summed E-state index contributed by atoms with van der Waals surface area (Å²) < 4.78 is 0.831. The molecule has 118 valence electrons. The van der Waals surface area contributed by atoms with Gasteiger partial charge in [-0.15, -0.1) is 0 Å². The largest absolute Gasteiger partial charge is 0.380 e. The first kappa shape index (κ1) is 14.9. The number of imidazole rings is 1. The van der Waals surface area contributed by atoms with E-state index in [1.807, 2.05) is 25.3 Å². The maximum Gasteiger partial charge on any atom is 0.140 e. The average molecular weight is 381 g/mol. The minimum Gasteiger partial charge on any atom is -0.380 e. The summed E-state index contributed by atoms with van der Waals surface area (Å²) in [7, 11) is 0. The number of halogens is 1. The van der Waals surface area contributed by atoms with Gasteiger partial charge in [-0.2, -0.15) is 5.26 Å². The van der Waals surface area contributed by atoms with Crippen LogP contribution in [0.2, 0.25) is 0 Å². The van der Waals surface area contributed by atoms with E-state index in [0.29, 0.717) is 11.4 Å². The molecule has 4 aromatic rings. The molecule has 2 aromatic heterocycles. The number of nitrogens with zero attached hydrogens (tertiary/aromatic N) is 2. The van der Waals surface area contributed by atoms with Crippen LogP contribution in [0.4, 0.5) is 0 Å². The first-order valence-electron chi connectivity index (χ1n) is 7.42. The highest BCUT2D eigenvalue weighted by Gasteiger charge is 2.21. The molecule has 0 bridgehead atoms. The molecule has 0 spiro atoms. The molecule has 4 rings (SSSR count). The molecule has 1 atom stereocenters. The van der Waals surface area contributed by atoms with Gasteiger partial charge in [0.2, 0.25) is 0 Å². The number of H-pyrrole nitrogens is 2. The van der Waals surface area contributed by atoms with Crippen LogP contribution in [-0.2, 0) is 0 Å². The Kier molecular flexibility index (Phi) is 3.41. The second-order valence-corrected chi connectivity index (χ2v) is 6.58. The van der Waals surface area contributed by atoms with Crippen LogP contribution in [0.5, 0.6) is 0 Å². The monoisotopic (exact) mass is 380 g/mol. The second-order valence-electron chi connectivity index (χ2n) is 5.72. The highest BCUT2D eigenvalue weighted by atomic mass is 79.9. The molecule has 0 saturated carbocycles. The predicted molar refractivity (Wildman–Crippen MR) is 95.6 cm³/mol. The zero-order valence-electron chi connectivity index (χ0n) is 12.8. The Morgan fingerprint density at radius 1 is 1.29 bits per heavy atom. The number of aliphatic hydroxyl groups is 1. The molecule has 0 fully saturated rings. The zero-order valence-corrected chi connectivity index (χ0v) is 14.3. The number of aryl methyl sites for hydroxylation is 1. The fourth-order valence-electron chi connectivity index (χ4n) is 3.03. The summed E-state index contributed by atoms with van der Waals surface area (Å²) in [5.41, 5.74) is 4.86. The average Bonchev–Trinajstić information content (AvgIpc) is 3.20. The lowest BCUT2D eigenvalue weighted by molar-refractivity contribution is 0.212. The first-order valence-corrected chi connectivity index (χ1v) is 8.21. The third-order valence-electron chi connectivity index (χ3n) is 4.19. The van der Waals surface area contributed by atoms with Crippen molar-refractivity contribution in [2.75, 3.05) is 0 Å². The maximum absolute atomic E-state index is 10.9. The molecule has 0 aliphatic heterocycles. The Hall–Kier alpha value is -2.62. The van der Waals surface area contributed by atoms with Crippen molar-refractivity contribution >= 4 is 37.9 Å². The molecule has 2 aromatic carbocycles. The van der Waals surface area contributed by atoms with Crippen molar-refractivity contribution in [3.63, 3.8) is 0 Å². The van der Waals surface area contributed by atoms with Crippen molar-refractivity contribution in [2.24, 2.45) is 0 Å². The van der Waals surface area contributed by atoms with E-state index >= 15 is 0 Å². The van der Waals surface area contributed by atoms with Crippen LogP contribution in [0.1, 0.15) is 28.6 Å². The van der Waals surface area contributed by atoms with E-state index in [1.165, 1.54) is 0 Å². The number of aromatic amines is 2. The summed E-state index contributed by atoms with van der Waals surface area (Å²) in [6.07, 6.45) is 0.953. The van der Waals surface area contributed by atoms with Crippen LogP contribution >= 0.6 is 15.9 Å². The number of nitriles is 1. The molecule has 0 aliphatic carbocycles. The van der Waals surface area contributed by atoms with Crippen molar-refractivity contribution in [1.29, 1.82) is 5.26 Å². The molecule has 0 aliphatic rings. The van der Waals surface area contributed by atoms with E-state index in [2.05, 4.69) is 37.0 Å². The Bertz CT molecular complexity index is 1120. The molecule has 2 heterocycles. The van der Waals surface area contributed by atoms with Gasteiger partial charge < -0.3 is 15.1 Å². The van der Waals surface area contributed by atoms with Crippen LogP contribution < -0.4 is 0 Å². The Balaban J connectivity index is 1.89. The van der Waals surface area contributed by atoms with Gasteiger partial charge in [0, 0.05) is 27.1 Å². The third kappa shape index (κ3) is 2.21. The van der Waals surface area contributed by atoms with Crippen molar-refractivity contribution in [3.05, 3.63) is 63.5 Å². The zero-order chi connectivity index (χ0) is 16.8. The highest BCUT2D eigenvalue weighted by Crippen LogP contribution is 2.36. The highest BCUT2D eigenvalue weighted by molar-refractivity contribution is 9.10. The number of benzene rings is 2. The quantitative estimate of drug-likeness (QED) is 0.489. The number of fused-ring (bicyclic) bond motifs is 2. The second kappa shape index (κ2) is 5.48. The molecule has 0 amide bonds. The van der Waals surface area contributed by atoms with Crippen molar-refractivity contribution in [1.82, 2.24) is 15.0 Å². The van der Waals surface area contributed by atoms with Gasteiger partial charge in [-0.3, -0.25) is 0 Å². The normalized spacial score (nSPS) is 12.6. The summed E-state index contributed by atoms with van der Waals surface area (Å²) in [4.78, 5) is 10.8. The summed E-state index contributed by atoms with van der Waals surface area (Å²) in [6.45, 7) is 2.02. The van der Waals surface area contributed by atoms with Crippen LogP contribution in [0.25, 0.3) is 21.9 Å². The molecule has 0 radical (unpaired) electrons. The van der Waals surface area contributed by atoms with Gasteiger partial charge in [0.15, 0.2) is 0 Å². The van der Waals surface area contributed by atoms with Crippen molar-refractivity contribution in [3.8, 4) is 6.07 Å². The predicted octanol–water partition coefficient (Wildman–Crippen LogP) is 4.07. The lowest BCUT2D eigenvalue weighted by atomic mass is 10.0. The maximum atomic E-state index is 10.9. The molecule has 5 nitrogen and oxygen atoms in total. The molecule has 1 unspecified atom stereocenters. The Morgan fingerprint density at radius 3 is 2.92 bits per heavy atom. The van der Waals surface area contributed by atoms with Gasteiger partial charge in [0.1, 0.15) is 11.9 Å². The summed E-state index contributed by atoms with van der Waals surface area (Å²) in [5, 5.41) is 20.9. The van der Waals surface area contributed by atoms with E-state index in [0.717, 1.165) is 37.5 Å². The summed E-state index contributed by atoms with van der Waals surface area (Å²) in [5.74, 6) is 0.451. The molecule has 0 saturated heterocycles. The van der Waals surface area contributed by atoms with Gasteiger partial charge >= 0.3 is 0 Å². The van der Waals surface area contributed by atoms with Gasteiger partial charge in [0.25, 0.3) is 0 Å². The first-order chi connectivity index (χ1) is 11.6. The fraction of sp³-hybridized carbons (Fsp3) is 0.111. The number of rotatable bonds is 2. The van der Waals surface area contributed by atoms with E-state index in [1.54, 1.807) is 18.2 Å². The smallest absolute Gasteiger partial charge is 0.140 e. The molecule has 3 N–H and O–H groups in total. The molecular formula is C18H13BrN4O. The van der Waals surface area contributed by atoms with Crippen molar-refractivity contribution < 1.29 is 5.11 Å². The third-order valence-corrected chi connectivity index (χ3v) is 4.85. The minimum atomic E-state index is -0.906. The lowest BCUT2D eigenvalue weighted by Crippen LogP contribution is -2.04. The Labute approximate surface area is 146 Å². The minimum absolute atomic E-state index is 0.451. The van der Waals surface area contributed by atoms with Gasteiger partial charge in [-0.1, -0.05) is 15.9 Å². The van der Waals surface area contributed by atoms with Crippen LogP contribution in [0.3, 0.4) is 0 Å². The number of hydrogen-bond acceptors (Lipinski definition) is 3. The number of hydrogen-bond donors (Lipinski definition) is 3. The topological polar surface area (TPSA) is 88.5 Å². The molecule has 6 heteroatoms. The fourth-order valence-corrected chi connectivity index (χ4v) is 3.81. The Morgan fingerprint density at radius 2 is 2.12 bits per heavy atom. The summed E-state index contributed by atoms with van der Waals surface area (Å²) in [6, 6.07) is 11.2. The molecule has 24 heavy (non-hydrogen) atoms. The molecular weight excluding hydrogens is 368 g/mol. The standard InChI is InChI=1S/C18H13BrN4O/c1-9-6-12(19)15(11-4-5-21-16(9)11)17(24)18-22-13-3-2-10(8-20)7-14(13)23-18/h2-7,17,21,24H,1H3,(H,22,23). The number of aromatic nitrogens is 3. The van der Waals surface area contributed by atoms with Gasteiger partial charge in [-0.25, -0.2) is 4.98 Å². The van der Waals surface area contributed by atoms with E-state index in [9.17, 15) is 5.11 Å². The van der Waals surface area contributed by atoms with Crippen LogP contribution in [0.15, 0.2) is 41.0 Å². The van der Waals surface area contributed by atoms with Gasteiger partial charge in [-0.05, 0) is 42.8 Å². The van der Waals surface area contributed by atoms with Crippen LogP contribution in [-0.4, -0.2) is 20.1 Å². The van der Waals surface area contributed by atoms with Crippen LogP contribution in [0, 0.1) is 18.3 Å². The number of nitrogens with one attached hydrogen (secondary N) is 2. The lowest BCUT2D eigenvalue weighted by Gasteiger charge is -2.13. The SMILES string of the molecule is Cc1cc(Br)c(C(O)c2nc3ccc(C#N)cc3[nH]2)c2cc[nH]c12. The van der Waals surface area contributed by atoms with Gasteiger partial charge in [0.05, 0.1) is 22.7 Å². The van der Waals surface area contributed by atoms with Crippen molar-refractivity contribution in [2.45, 2.75) is 13.0 Å².